The van der Waals surface area contributed by atoms with Gasteiger partial charge in [-0.2, -0.15) is 13.2 Å². The van der Waals surface area contributed by atoms with Gasteiger partial charge in [0.05, 0.1) is 19.1 Å². The summed E-state index contributed by atoms with van der Waals surface area (Å²) in [4.78, 5) is 12.0. The monoisotopic (exact) mass is 294 g/mol. The molecule has 0 radical (unpaired) electrons. The minimum absolute atomic E-state index is 0.0133. The van der Waals surface area contributed by atoms with Crippen LogP contribution in [0.2, 0.25) is 0 Å². The van der Waals surface area contributed by atoms with E-state index in [0.29, 0.717) is 45.6 Å². The number of carbonyl (C=O) groups is 1. The van der Waals surface area contributed by atoms with E-state index < -0.39 is 23.9 Å². The van der Waals surface area contributed by atoms with E-state index in [2.05, 4.69) is 10.6 Å². The molecular formula is C13H21F3N2O2. The van der Waals surface area contributed by atoms with Crippen LogP contribution in [0.15, 0.2) is 0 Å². The molecule has 3 atom stereocenters. The van der Waals surface area contributed by atoms with Crippen LogP contribution in [0, 0.1) is 11.8 Å². The average molecular weight is 294 g/mol. The van der Waals surface area contributed by atoms with E-state index in [1.54, 1.807) is 0 Å². The van der Waals surface area contributed by atoms with Gasteiger partial charge in [0, 0.05) is 25.0 Å². The maximum Gasteiger partial charge on any atom is 0.392 e. The lowest BCUT2D eigenvalue weighted by Crippen LogP contribution is -2.50. The van der Waals surface area contributed by atoms with Crippen LogP contribution in [0.3, 0.4) is 0 Å². The normalized spacial score (nSPS) is 31.9. The lowest BCUT2D eigenvalue weighted by atomic mass is 9.78. The van der Waals surface area contributed by atoms with Crippen LogP contribution in [0.1, 0.15) is 25.7 Å². The SMILES string of the molecule is O=C(NCC1COCCN1)C1CCCCC1C(F)(F)F. The van der Waals surface area contributed by atoms with E-state index in [1.807, 2.05) is 0 Å². The second kappa shape index (κ2) is 6.76. The van der Waals surface area contributed by atoms with E-state index >= 15 is 0 Å². The molecule has 1 aliphatic heterocycles. The minimum atomic E-state index is -4.28. The molecule has 7 heteroatoms. The van der Waals surface area contributed by atoms with Crippen LogP contribution in [-0.4, -0.2) is 44.4 Å². The third-order valence-electron chi connectivity index (χ3n) is 4.04. The fourth-order valence-corrected chi connectivity index (χ4v) is 2.94. The maximum absolute atomic E-state index is 12.9. The number of amides is 1. The summed E-state index contributed by atoms with van der Waals surface area (Å²) in [6.45, 7) is 2.13. The van der Waals surface area contributed by atoms with Gasteiger partial charge in [-0.1, -0.05) is 12.8 Å². The van der Waals surface area contributed by atoms with Crippen molar-refractivity contribution in [2.24, 2.45) is 11.8 Å². The van der Waals surface area contributed by atoms with E-state index in [4.69, 9.17) is 4.74 Å². The van der Waals surface area contributed by atoms with Crippen molar-refractivity contribution in [1.82, 2.24) is 10.6 Å². The Balaban J connectivity index is 1.85. The van der Waals surface area contributed by atoms with Crippen molar-refractivity contribution in [2.45, 2.75) is 37.9 Å². The molecule has 0 bridgehead atoms. The summed E-state index contributed by atoms with van der Waals surface area (Å²) in [6, 6.07) is -0.0133. The van der Waals surface area contributed by atoms with Crippen molar-refractivity contribution in [1.29, 1.82) is 0 Å². The number of carbonyl (C=O) groups excluding carboxylic acids is 1. The Kier molecular flexibility index (Phi) is 5.26. The Hall–Kier alpha value is -0.820. The molecule has 0 spiro atoms. The maximum atomic E-state index is 12.9. The van der Waals surface area contributed by atoms with Crippen LogP contribution >= 0.6 is 0 Å². The number of rotatable bonds is 3. The van der Waals surface area contributed by atoms with Gasteiger partial charge < -0.3 is 15.4 Å². The third kappa shape index (κ3) is 4.09. The number of hydrogen-bond donors (Lipinski definition) is 2. The molecule has 1 heterocycles. The number of alkyl halides is 3. The molecule has 2 rings (SSSR count). The predicted octanol–water partition coefficient (Wildman–Crippen LogP) is 1.46. The molecule has 1 aliphatic carbocycles. The van der Waals surface area contributed by atoms with Crippen LogP contribution in [0.4, 0.5) is 13.2 Å². The number of morpholine rings is 1. The van der Waals surface area contributed by atoms with Crippen molar-refractivity contribution in [3.63, 3.8) is 0 Å². The zero-order chi connectivity index (χ0) is 14.6. The lowest BCUT2D eigenvalue weighted by molar-refractivity contribution is -0.198. The van der Waals surface area contributed by atoms with Crippen LogP contribution in [0.5, 0.6) is 0 Å². The molecule has 20 heavy (non-hydrogen) atoms. The lowest BCUT2D eigenvalue weighted by Gasteiger charge is -2.32. The Labute approximate surface area is 116 Å². The first kappa shape index (κ1) is 15.6. The standard InChI is InChI=1S/C13H21F3N2O2/c14-13(15,16)11-4-2-1-3-10(11)12(19)18-7-9-8-20-6-5-17-9/h9-11,17H,1-8H2,(H,18,19). The van der Waals surface area contributed by atoms with Crippen LogP contribution in [-0.2, 0) is 9.53 Å². The smallest absolute Gasteiger partial charge is 0.378 e. The molecule has 0 aromatic rings. The summed E-state index contributed by atoms with van der Waals surface area (Å²) in [6.07, 6.45) is -2.66. The van der Waals surface area contributed by atoms with E-state index in [0.717, 1.165) is 0 Å². The first-order chi connectivity index (χ1) is 9.48. The van der Waals surface area contributed by atoms with Gasteiger partial charge in [0.25, 0.3) is 0 Å². The van der Waals surface area contributed by atoms with Crippen molar-refractivity contribution in [3.8, 4) is 0 Å². The van der Waals surface area contributed by atoms with Crippen LogP contribution in [0.25, 0.3) is 0 Å². The Morgan fingerprint density at radius 1 is 1.30 bits per heavy atom. The first-order valence-electron chi connectivity index (χ1n) is 7.14. The fourth-order valence-electron chi connectivity index (χ4n) is 2.94. The molecule has 0 aromatic carbocycles. The molecule has 1 amide bonds. The predicted molar refractivity (Wildman–Crippen MR) is 67.1 cm³/mol. The molecule has 3 unspecified atom stereocenters. The van der Waals surface area contributed by atoms with Gasteiger partial charge in [0.2, 0.25) is 5.91 Å². The van der Waals surface area contributed by atoms with Crippen molar-refractivity contribution in [2.75, 3.05) is 26.3 Å². The van der Waals surface area contributed by atoms with Gasteiger partial charge in [-0.3, -0.25) is 4.79 Å². The third-order valence-corrected chi connectivity index (χ3v) is 4.04. The molecule has 1 saturated heterocycles. The summed E-state index contributed by atoms with van der Waals surface area (Å²) in [7, 11) is 0. The highest BCUT2D eigenvalue weighted by molar-refractivity contribution is 5.79. The topological polar surface area (TPSA) is 50.4 Å². The highest BCUT2D eigenvalue weighted by Gasteiger charge is 2.47. The second-order valence-electron chi connectivity index (χ2n) is 5.51. The Morgan fingerprint density at radius 2 is 2.05 bits per heavy atom. The van der Waals surface area contributed by atoms with E-state index in [-0.39, 0.29) is 12.5 Å². The fraction of sp³-hybridized carbons (Fsp3) is 0.923. The summed E-state index contributed by atoms with van der Waals surface area (Å²) in [5, 5.41) is 5.80. The quantitative estimate of drug-likeness (QED) is 0.828. The van der Waals surface area contributed by atoms with Crippen LogP contribution < -0.4 is 10.6 Å². The Bertz CT molecular complexity index is 330. The van der Waals surface area contributed by atoms with E-state index in [1.165, 1.54) is 0 Å². The molecule has 0 aromatic heterocycles. The highest BCUT2D eigenvalue weighted by Crippen LogP contribution is 2.41. The van der Waals surface area contributed by atoms with Gasteiger partial charge >= 0.3 is 6.18 Å². The van der Waals surface area contributed by atoms with Gasteiger partial charge in [-0.25, -0.2) is 0 Å². The second-order valence-corrected chi connectivity index (χ2v) is 5.51. The minimum Gasteiger partial charge on any atom is -0.378 e. The van der Waals surface area contributed by atoms with Gasteiger partial charge in [-0.05, 0) is 12.8 Å². The van der Waals surface area contributed by atoms with Gasteiger partial charge in [-0.15, -0.1) is 0 Å². The number of ether oxygens (including phenoxy) is 1. The first-order valence-corrected chi connectivity index (χ1v) is 7.14. The van der Waals surface area contributed by atoms with Crippen molar-refractivity contribution < 1.29 is 22.7 Å². The summed E-state index contributed by atoms with van der Waals surface area (Å²) < 4.78 is 44.0. The largest absolute Gasteiger partial charge is 0.392 e. The summed E-state index contributed by atoms with van der Waals surface area (Å²) in [5.41, 5.74) is 0. The van der Waals surface area contributed by atoms with E-state index in [9.17, 15) is 18.0 Å². The summed E-state index contributed by atoms with van der Waals surface area (Å²) in [5.74, 6) is -2.90. The van der Waals surface area contributed by atoms with Crippen molar-refractivity contribution in [3.05, 3.63) is 0 Å². The molecule has 2 aliphatic rings. The number of nitrogens with one attached hydrogen (secondary N) is 2. The summed E-state index contributed by atoms with van der Waals surface area (Å²) >= 11 is 0. The number of hydrogen-bond acceptors (Lipinski definition) is 3. The molecule has 116 valence electrons. The van der Waals surface area contributed by atoms with Crippen molar-refractivity contribution >= 4 is 5.91 Å². The molecule has 2 N–H and O–H groups in total. The van der Waals surface area contributed by atoms with Gasteiger partial charge in [0.15, 0.2) is 0 Å². The molecule has 1 saturated carbocycles. The Morgan fingerprint density at radius 3 is 2.70 bits per heavy atom. The number of halogens is 3. The zero-order valence-corrected chi connectivity index (χ0v) is 11.3. The highest BCUT2D eigenvalue weighted by atomic mass is 19.4. The molecule has 4 nitrogen and oxygen atoms in total. The zero-order valence-electron chi connectivity index (χ0n) is 11.3. The molecule has 2 fully saturated rings. The average Bonchev–Trinajstić information content (AvgIpc) is 2.45. The van der Waals surface area contributed by atoms with Gasteiger partial charge in [0.1, 0.15) is 0 Å². The molecular weight excluding hydrogens is 273 g/mol.